The number of carbonyl (C=O) groups is 1. The molecule has 0 bridgehead atoms. The van der Waals surface area contributed by atoms with Gasteiger partial charge in [0.05, 0.1) is 23.4 Å². The number of carboxylic acids is 1. The molecular weight excluding hydrogens is 268 g/mol. The number of carboxylic acid groups (broad SMARTS) is 1. The smallest absolute Gasteiger partial charge is 0.304 e. The summed E-state index contributed by atoms with van der Waals surface area (Å²) in [6, 6.07) is 4.20. The SMILES string of the molecule is Cc1cc(N2CCN(CCC(=O)O)CC2)c(C#N)c(C)n1. The molecule has 0 amide bonds. The van der Waals surface area contributed by atoms with Crippen LogP contribution in [-0.4, -0.2) is 53.7 Å². The molecule has 1 saturated heterocycles. The minimum Gasteiger partial charge on any atom is -0.481 e. The lowest BCUT2D eigenvalue weighted by Gasteiger charge is -2.36. The first-order valence-electron chi connectivity index (χ1n) is 7.08. The van der Waals surface area contributed by atoms with Crippen molar-refractivity contribution in [1.29, 1.82) is 5.26 Å². The van der Waals surface area contributed by atoms with Gasteiger partial charge in [0, 0.05) is 38.4 Å². The van der Waals surface area contributed by atoms with E-state index in [1.807, 2.05) is 19.9 Å². The number of piperazine rings is 1. The van der Waals surface area contributed by atoms with E-state index in [1.165, 1.54) is 0 Å². The summed E-state index contributed by atoms with van der Waals surface area (Å²) >= 11 is 0. The zero-order chi connectivity index (χ0) is 15.4. The van der Waals surface area contributed by atoms with Gasteiger partial charge < -0.3 is 10.0 Å². The summed E-state index contributed by atoms with van der Waals surface area (Å²) in [5, 5.41) is 18.0. The van der Waals surface area contributed by atoms with Gasteiger partial charge in [-0.1, -0.05) is 0 Å². The molecule has 0 aliphatic carbocycles. The average molecular weight is 288 g/mol. The van der Waals surface area contributed by atoms with Crippen LogP contribution in [0.15, 0.2) is 6.07 Å². The summed E-state index contributed by atoms with van der Waals surface area (Å²) in [7, 11) is 0. The fraction of sp³-hybridized carbons (Fsp3) is 0.533. The van der Waals surface area contributed by atoms with E-state index in [2.05, 4.69) is 20.9 Å². The van der Waals surface area contributed by atoms with Crippen LogP contribution in [0.2, 0.25) is 0 Å². The van der Waals surface area contributed by atoms with Crippen molar-refractivity contribution >= 4 is 11.7 Å². The Morgan fingerprint density at radius 1 is 1.38 bits per heavy atom. The van der Waals surface area contributed by atoms with Gasteiger partial charge in [0.2, 0.25) is 0 Å². The fourth-order valence-electron chi connectivity index (χ4n) is 2.66. The molecule has 1 aliphatic heterocycles. The predicted octanol–water partition coefficient (Wildman–Crippen LogP) is 1.17. The number of pyridine rings is 1. The Kier molecular flexibility index (Phi) is 4.76. The van der Waals surface area contributed by atoms with Crippen molar-refractivity contribution in [2.45, 2.75) is 20.3 Å². The Morgan fingerprint density at radius 3 is 2.62 bits per heavy atom. The monoisotopic (exact) mass is 288 g/mol. The molecule has 0 saturated carbocycles. The maximum absolute atomic E-state index is 10.6. The lowest BCUT2D eigenvalue weighted by atomic mass is 10.1. The van der Waals surface area contributed by atoms with Crippen LogP contribution < -0.4 is 4.90 Å². The standard InChI is InChI=1S/C15H20N4O2/c1-11-9-14(13(10-16)12(2)17-11)19-7-5-18(6-8-19)4-3-15(20)21/h9H,3-8H2,1-2H3,(H,20,21). The number of rotatable bonds is 4. The first-order chi connectivity index (χ1) is 10.0. The number of nitrogens with zero attached hydrogens (tertiary/aromatic N) is 4. The molecule has 21 heavy (non-hydrogen) atoms. The molecule has 0 unspecified atom stereocenters. The largest absolute Gasteiger partial charge is 0.481 e. The van der Waals surface area contributed by atoms with Gasteiger partial charge in [-0.2, -0.15) is 5.26 Å². The van der Waals surface area contributed by atoms with Crippen molar-refractivity contribution in [3.63, 3.8) is 0 Å². The lowest BCUT2D eigenvalue weighted by Crippen LogP contribution is -2.47. The Balaban J connectivity index is 2.06. The van der Waals surface area contributed by atoms with Gasteiger partial charge in [-0.15, -0.1) is 0 Å². The van der Waals surface area contributed by atoms with Gasteiger partial charge in [0.25, 0.3) is 0 Å². The molecule has 2 rings (SSSR count). The highest BCUT2D eigenvalue weighted by Gasteiger charge is 2.21. The van der Waals surface area contributed by atoms with Gasteiger partial charge in [-0.25, -0.2) is 0 Å². The first kappa shape index (κ1) is 15.3. The Labute approximate surface area is 124 Å². The van der Waals surface area contributed by atoms with E-state index in [1.54, 1.807) is 0 Å². The van der Waals surface area contributed by atoms with Crippen LogP contribution >= 0.6 is 0 Å². The summed E-state index contributed by atoms with van der Waals surface area (Å²) in [6.07, 6.45) is 0.177. The summed E-state index contributed by atoms with van der Waals surface area (Å²) < 4.78 is 0. The molecule has 6 nitrogen and oxygen atoms in total. The van der Waals surface area contributed by atoms with Crippen molar-refractivity contribution < 1.29 is 9.90 Å². The van der Waals surface area contributed by atoms with Gasteiger partial charge >= 0.3 is 5.97 Å². The number of anilines is 1. The highest BCUT2D eigenvalue weighted by atomic mass is 16.4. The maximum Gasteiger partial charge on any atom is 0.304 e. The molecule has 1 N–H and O–H groups in total. The van der Waals surface area contributed by atoms with Gasteiger partial charge in [-0.3, -0.25) is 14.7 Å². The van der Waals surface area contributed by atoms with Crippen LogP contribution in [0, 0.1) is 25.2 Å². The predicted molar refractivity (Wildman–Crippen MR) is 79.3 cm³/mol. The molecule has 1 fully saturated rings. The van der Waals surface area contributed by atoms with Crippen LogP contribution in [0.3, 0.4) is 0 Å². The van der Waals surface area contributed by atoms with Crippen molar-refractivity contribution in [3.05, 3.63) is 23.0 Å². The summed E-state index contributed by atoms with van der Waals surface area (Å²) in [6.45, 7) is 7.62. The Bertz CT molecular complexity index is 572. The van der Waals surface area contributed by atoms with E-state index in [0.717, 1.165) is 43.3 Å². The van der Waals surface area contributed by atoms with Crippen LogP contribution in [0.5, 0.6) is 0 Å². The van der Waals surface area contributed by atoms with Gasteiger partial charge in [0.1, 0.15) is 6.07 Å². The van der Waals surface area contributed by atoms with Crippen molar-refractivity contribution in [2.75, 3.05) is 37.6 Å². The van der Waals surface area contributed by atoms with Gasteiger partial charge in [-0.05, 0) is 19.9 Å². The molecule has 6 heteroatoms. The van der Waals surface area contributed by atoms with Crippen LogP contribution in [0.4, 0.5) is 5.69 Å². The summed E-state index contributed by atoms with van der Waals surface area (Å²) in [5.41, 5.74) is 3.26. The Morgan fingerprint density at radius 2 is 2.05 bits per heavy atom. The molecule has 0 aromatic carbocycles. The zero-order valence-electron chi connectivity index (χ0n) is 12.5. The number of aromatic nitrogens is 1. The molecule has 112 valence electrons. The molecule has 1 aromatic heterocycles. The Hall–Kier alpha value is -2.13. The molecule has 2 heterocycles. The van der Waals surface area contributed by atoms with Crippen molar-refractivity contribution in [2.24, 2.45) is 0 Å². The highest BCUT2D eigenvalue weighted by molar-refractivity contribution is 5.67. The molecular formula is C15H20N4O2. The van der Waals surface area contributed by atoms with Crippen molar-refractivity contribution in [1.82, 2.24) is 9.88 Å². The highest BCUT2D eigenvalue weighted by Crippen LogP contribution is 2.24. The van der Waals surface area contributed by atoms with E-state index in [-0.39, 0.29) is 6.42 Å². The van der Waals surface area contributed by atoms with E-state index < -0.39 is 5.97 Å². The second-order valence-electron chi connectivity index (χ2n) is 5.33. The zero-order valence-corrected chi connectivity index (χ0v) is 12.5. The minimum atomic E-state index is -0.760. The topological polar surface area (TPSA) is 80.5 Å². The summed E-state index contributed by atoms with van der Waals surface area (Å²) in [4.78, 5) is 19.3. The number of hydrogen-bond donors (Lipinski definition) is 1. The minimum absolute atomic E-state index is 0.177. The number of nitriles is 1. The van der Waals surface area contributed by atoms with Crippen LogP contribution in [0.25, 0.3) is 0 Å². The third kappa shape index (κ3) is 3.70. The normalized spacial score (nSPS) is 15.8. The quantitative estimate of drug-likeness (QED) is 0.895. The van der Waals surface area contributed by atoms with Crippen molar-refractivity contribution in [3.8, 4) is 6.07 Å². The number of aliphatic carboxylic acids is 1. The van der Waals surface area contributed by atoms with Gasteiger partial charge in [0.15, 0.2) is 0 Å². The second kappa shape index (κ2) is 6.55. The number of aryl methyl sites for hydroxylation is 2. The third-order valence-corrected chi connectivity index (χ3v) is 3.77. The molecule has 1 aromatic rings. The van der Waals surface area contributed by atoms with E-state index >= 15 is 0 Å². The van der Waals surface area contributed by atoms with Crippen LogP contribution in [0.1, 0.15) is 23.4 Å². The molecule has 0 spiro atoms. The van der Waals surface area contributed by atoms with Crippen LogP contribution in [-0.2, 0) is 4.79 Å². The first-order valence-corrected chi connectivity index (χ1v) is 7.08. The molecule has 0 radical (unpaired) electrons. The third-order valence-electron chi connectivity index (χ3n) is 3.77. The lowest BCUT2D eigenvalue weighted by molar-refractivity contribution is -0.137. The molecule has 1 aliphatic rings. The number of hydrogen-bond acceptors (Lipinski definition) is 5. The van der Waals surface area contributed by atoms with E-state index in [0.29, 0.717) is 12.1 Å². The maximum atomic E-state index is 10.6. The second-order valence-corrected chi connectivity index (χ2v) is 5.33. The molecule has 0 atom stereocenters. The van der Waals surface area contributed by atoms with E-state index in [4.69, 9.17) is 5.11 Å². The van der Waals surface area contributed by atoms with E-state index in [9.17, 15) is 10.1 Å². The fourth-order valence-corrected chi connectivity index (χ4v) is 2.66. The average Bonchev–Trinajstić information content (AvgIpc) is 2.45. The summed E-state index contributed by atoms with van der Waals surface area (Å²) in [5.74, 6) is -0.760.